The van der Waals surface area contributed by atoms with Crippen LogP contribution in [0.3, 0.4) is 0 Å². The summed E-state index contributed by atoms with van der Waals surface area (Å²) in [5.41, 5.74) is 1.94. The van der Waals surface area contributed by atoms with Crippen LogP contribution in [0.1, 0.15) is 29.9 Å². The number of benzene rings is 2. The Bertz CT molecular complexity index is 755. The van der Waals surface area contributed by atoms with Gasteiger partial charge in [-0.25, -0.2) is 9.18 Å². The van der Waals surface area contributed by atoms with Gasteiger partial charge >= 0.3 is 5.97 Å². The minimum absolute atomic E-state index is 0.0647. The number of halogens is 1. The van der Waals surface area contributed by atoms with Crippen LogP contribution in [-0.2, 0) is 27.5 Å². The summed E-state index contributed by atoms with van der Waals surface area (Å²) in [4.78, 5) is 11.5. The molecule has 2 aromatic rings. The maximum absolute atomic E-state index is 13.8. The van der Waals surface area contributed by atoms with Crippen LogP contribution in [0.5, 0.6) is 5.75 Å². The molecule has 1 aliphatic heterocycles. The van der Waals surface area contributed by atoms with Crippen LogP contribution in [0.2, 0.25) is 0 Å². The molecule has 1 heterocycles. The number of rotatable bonds is 4. The maximum Gasteiger partial charge on any atom is 0.330 e. The maximum atomic E-state index is 13.8. The number of ether oxygens (including phenoxy) is 3. The average Bonchev–Trinajstić information content (AvgIpc) is 2.60. The highest BCUT2D eigenvalue weighted by atomic mass is 19.1. The van der Waals surface area contributed by atoms with Crippen LogP contribution in [0.4, 0.5) is 4.39 Å². The van der Waals surface area contributed by atoms with Gasteiger partial charge < -0.3 is 14.2 Å². The predicted molar refractivity (Wildman–Crippen MR) is 85.6 cm³/mol. The molecule has 1 atom stereocenters. The molecule has 0 aromatic heterocycles. The van der Waals surface area contributed by atoms with Crippen molar-refractivity contribution in [3.8, 4) is 5.75 Å². The van der Waals surface area contributed by atoms with Crippen molar-refractivity contribution in [2.75, 3.05) is 0 Å². The molecule has 0 bridgehead atoms. The molecule has 5 heteroatoms. The highest BCUT2D eigenvalue weighted by Gasteiger charge is 2.25. The van der Waals surface area contributed by atoms with E-state index in [1.54, 1.807) is 13.0 Å². The van der Waals surface area contributed by atoms with Gasteiger partial charge in [0.25, 0.3) is 0 Å². The van der Waals surface area contributed by atoms with Gasteiger partial charge in [-0.2, -0.15) is 0 Å². The Hall–Kier alpha value is -2.66. The van der Waals surface area contributed by atoms with Gasteiger partial charge in [0, 0.05) is 22.8 Å². The van der Waals surface area contributed by atoms with E-state index in [9.17, 15) is 9.18 Å². The zero-order valence-electron chi connectivity index (χ0n) is 13.2. The van der Waals surface area contributed by atoms with Gasteiger partial charge in [-0.3, -0.25) is 0 Å². The second-order valence-electron chi connectivity index (χ2n) is 5.33. The molecule has 124 valence electrons. The molecule has 0 amide bonds. The number of hydrogen-bond donors (Lipinski definition) is 0. The lowest BCUT2D eigenvalue weighted by molar-refractivity contribution is -0.139. The van der Waals surface area contributed by atoms with E-state index in [2.05, 4.69) is 0 Å². The Morgan fingerprint density at radius 2 is 2.12 bits per heavy atom. The zero-order valence-corrected chi connectivity index (χ0v) is 13.2. The third kappa shape index (κ3) is 3.63. The molecule has 0 spiro atoms. The first-order valence-corrected chi connectivity index (χ1v) is 7.61. The quantitative estimate of drug-likeness (QED) is 0.627. The summed E-state index contributed by atoms with van der Waals surface area (Å²) >= 11 is 0. The minimum Gasteiger partial charge on any atom is -0.460 e. The van der Waals surface area contributed by atoms with E-state index in [0.29, 0.717) is 16.9 Å². The van der Waals surface area contributed by atoms with Crippen molar-refractivity contribution in [1.82, 2.24) is 0 Å². The molecular formula is C19H17FO4. The molecule has 0 fully saturated rings. The minimum atomic E-state index is -0.575. The first-order chi connectivity index (χ1) is 11.7. The first-order valence-electron chi connectivity index (χ1n) is 7.61. The van der Waals surface area contributed by atoms with Gasteiger partial charge in [0.15, 0.2) is 0 Å². The number of carbonyl (C=O) groups excluding carboxylic acids is 1. The third-order valence-electron chi connectivity index (χ3n) is 3.57. The van der Waals surface area contributed by atoms with Crippen molar-refractivity contribution in [2.24, 2.45) is 0 Å². The van der Waals surface area contributed by atoms with Gasteiger partial charge in [0.2, 0.25) is 6.29 Å². The highest BCUT2D eigenvalue weighted by molar-refractivity contribution is 5.81. The fraction of sp³-hybridized carbons (Fsp3) is 0.211. The molecule has 0 saturated carbocycles. The molecule has 0 aliphatic carbocycles. The Balaban J connectivity index is 1.84. The molecule has 24 heavy (non-hydrogen) atoms. The Kier molecular flexibility index (Phi) is 4.91. The molecular weight excluding hydrogens is 311 g/mol. The van der Waals surface area contributed by atoms with Crippen LogP contribution in [0, 0.1) is 5.82 Å². The lowest BCUT2D eigenvalue weighted by Crippen LogP contribution is -2.19. The van der Waals surface area contributed by atoms with E-state index in [0.717, 1.165) is 5.56 Å². The van der Waals surface area contributed by atoms with E-state index in [1.807, 2.05) is 30.3 Å². The third-order valence-corrected chi connectivity index (χ3v) is 3.57. The predicted octanol–water partition coefficient (Wildman–Crippen LogP) is 4.05. The van der Waals surface area contributed by atoms with Crippen molar-refractivity contribution < 1.29 is 23.4 Å². The van der Waals surface area contributed by atoms with Gasteiger partial charge in [-0.05, 0) is 19.1 Å². The fourth-order valence-corrected chi connectivity index (χ4v) is 2.49. The van der Waals surface area contributed by atoms with Crippen LogP contribution in [0.15, 0.2) is 54.6 Å². The summed E-state index contributed by atoms with van der Waals surface area (Å²) in [5, 5.41) is 0. The standard InChI is InChI=1S/C19H17FO4/c1-2-6-17(21)22-11-14-9-16(20)10-15-12-23-19(24-18(14)15)13-7-4-3-5-8-13/h2-10,19H,11-12H2,1H3/b6-2+. The first kappa shape index (κ1) is 16.2. The summed E-state index contributed by atoms with van der Waals surface area (Å²) < 4.78 is 30.5. The molecule has 0 N–H and O–H groups in total. The lowest BCUT2D eigenvalue weighted by atomic mass is 10.1. The van der Waals surface area contributed by atoms with E-state index in [-0.39, 0.29) is 13.2 Å². The van der Waals surface area contributed by atoms with Crippen LogP contribution < -0.4 is 4.74 Å². The molecule has 2 aromatic carbocycles. The van der Waals surface area contributed by atoms with Crippen molar-refractivity contribution in [1.29, 1.82) is 0 Å². The Labute approximate surface area is 139 Å². The molecule has 1 aliphatic rings. The number of esters is 1. The summed E-state index contributed by atoms with van der Waals surface area (Å²) in [6.07, 6.45) is 2.32. The lowest BCUT2D eigenvalue weighted by Gasteiger charge is -2.28. The van der Waals surface area contributed by atoms with Crippen molar-refractivity contribution >= 4 is 5.97 Å². The Morgan fingerprint density at radius 1 is 1.33 bits per heavy atom. The second kappa shape index (κ2) is 7.27. The summed E-state index contributed by atoms with van der Waals surface area (Å²) in [5.74, 6) is -0.400. The monoisotopic (exact) mass is 328 g/mol. The SMILES string of the molecule is C/C=C/C(=O)OCc1cc(F)cc2c1OC(c1ccccc1)OC2. The van der Waals surface area contributed by atoms with Crippen molar-refractivity contribution in [3.63, 3.8) is 0 Å². The molecule has 3 rings (SSSR count). The van der Waals surface area contributed by atoms with Gasteiger partial charge in [0.05, 0.1) is 6.61 Å². The Morgan fingerprint density at radius 3 is 2.88 bits per heavy atom. The van der Waals surface area contributed by atoms with Crippen LogP contribution in [0.25, 0.3) is 0 Å². The number of hydrogen-bond acceptors (Lipinski definition) is 4. The van der Waals surface area contributed by atoms with Gasteiger partial charge in [-0.1, -0.05) is 36.4 Å². The molecule has 0 saturated heterocycles. The highest BCUT2D eigenvalue weighted by Crippen LogP contribution is 2.36. The van der Waals surface area contributed by atoms with E-state index in [4.69, 9.17) is 14.2 Å². The van der Waals surface area contributed by atoms with Crippen molar-refractivity contribution in [2.45, 2.75) is 26.4 Å². The number of fused-ring (bicyclic) bond motifs is 1. The summed E-state index contributed by atoms with van der Waals surface area (Å²) in [6, 6.07) is 12.2. The van der Waals surface area contributed by atoms with Crippen molar-refractivity contribution in [3.05, 3.63) is 77.1 Å². The van der Waals surface area contributed by atoms with Gasteiger partial charge in [0.1, 0.15) is 18.2 Å². The van der Waals surface area contributed by atoms with Gasteiger partial charge in [-0.15, -0.1) is 0 Å². The van der Waals surface area contributed by atoms with Crippen LogP contribution >= 0.6 is 0 Å². The van der Waals surface area contributed by atoms with Crippen LogP contribution in [-0.4, -0.2) is 5.97 Å². The molecule has 0 radical (unpaired) electrons. The van der Waals surface area contributed by atoms with E-state index >= 15 is 0 Å². The smallest absolute Gasteiger partial charge is 0.330 e. The molecule has 1 unspecified atom stereocenters. The van der Waals surface area contributed by atoms with E-state index in [1.165, 1.54) is 18.2 Å². The normalized spacial score (nSPS) is 16.5. The summed E-state index contributed by atoms with van der Waals surface area (Å²) in [6.45, 7) is 1.88. The molecule has 4 nitrogen and oxygen atoms in total. The topological polar surface area (TPSA) is 44.8 Å². The fourth-order valence-electron chi connectivity index (χ4n) is 2.49. The number of allylic oxidation sites excluding steroid dienone is 1. The summed E-state index contributed by atoms with van der Waals surface area (Å²) in [7, 11) is 0. The largest absolute Gasteiger partial charge is 0.460 e. The average molecular weight is 328 g/mol. The second-order valence-corrected chi connectivity index (χ2v) is 5.33. The zero-order chi connectivity index (χ0) is 16.9. The van der Waals surface area contributed by atoms with E-state index < -0.39 is 18.1 Å². The number of carbonyl (C=O) groups is 1.